The Bertz CT molecular complexity index is 633. The molecule has 0 aliphatic heterocycles. The fourth-order valence-electron chi connectivity index (χ4n) is 1.92. The van der Waals surface area contributed by atoms with Crippen LogP contribution in [0.2, 0.25) is 0 Å². The summed E-state index contributed by atoms with van der Waals surface area (Å²) >= 11 is 0. The Balaban J connectivity index is 2.21. The van der Waals surface area contributed by atoms with Crippen LogP contribution < -0.4 is 10.6 Å². The minimum atomic E-state index is -4.41. The highest BCUT2D eigenvalue weighted by Crippen LogP contribution is 2.32. The molecule has 0 bridgehead atoms. The maximum Gasteiger partial charge on any atom is 0.416 e. The lowest BCUT2D eigenvalue weighted by molar-refractivity contribution is -0.137. The van der Waals surface area contributed by atoms with E-state index in [0.717, 1.165) is 23.4 Å². The summed E-state index contributed by atoms with van der Waals surface area (Å²) in [5.41, 5.74) is 0.987. The number of halogens is 3. The summed E-state index contributed by atoms with van der Waals surface area (Å²) in [4.78, 5) is 4.07. The second kappa shape index (κ2) is 5.63. The van der Waals surface area contributed by atoms with Gasteiger partial charge in [0.25, 0.3) is 0 Å². The van der Waals surface area contributed by atoms with E-state index in [4.69, 9.17) is 0 Å². The smallest absolute Gasteiger partial charge is 0.373 e. The average molecular weight is 299 g/mol. The number of hydrogen-bond acceptors (Lipinski definition) is 4. The molecule has 2 aromatic rings. The van der Waals surface area contributed by atoms with Crippen molar-refractivity contribution in [3.05, 3.63) is 35.2 Å². The number of alkyl halides is 3. The number of rotatable bonds is 4. The van der Waals surface area contributed by atoms with E-state index >= 15 is 0 Å². The van der Waals surface area contributed by atoms with Gasteiger partial charge < -0.3 is 10.6 Å². The molecule has 21 heavy (non-hydrogen) atoms. The van der Waals surface area contributed by atoms with Gasteiger partial charge in [0.1, 0.15) is 11.6 Å². The highest BCUT2D eigenvalue weighted by atomic mass is 19.4. The molecule has 0 atom stereocenters. The van der Waals surface area contributed by atoms with Crippen LogP contribution in [0.5, 0.6) is 0 Å². The molecule has 8 heteroatoms. The van der Waals surface area contributed by atoms with E-state index in [-0.39, 0.29) is 11.6 Å². The molecule has 0 aromatic carbocycles. The Labute approximate surface area is 120 Å². The molecule has 0 saturated carbocycles. The Morgan fingerprint density at radius 1 is 1.24 bits per heavy atom. The lowest BCUT2D eigenvalue weighted by Gasteiger charge is -2.12. The zero-order chi connectivity index (χ0) is 15.6. The number of aryl methyl sites for hydroxylation is 2. The molecule has 2 rings (SSSR count). The third-order valence-electron chi connectivity index (χ3n) is 2.98. The van der Waals surface area contributed by atoms with Crippen molar-refractivity contribution in [3.63, 3.8) is 0 Å². The normalized spacial score (nSPS) is 11.5. The van der Waals surface area contributed by atoms with Gasteiger partial charge in [-0.1, -0.05) is 0 Å². The van der Waals surface area contributed by atoms with Gasteiger partial charge in [0, 0.05) is 32.4 Å². The molecule has 2 aromatic heterocycles. The van der Waals surface area contributed by atoms with Crippen LogP contribution >= 0.6 is 0 Å². The van der Waals surface area contributed by atoms with Gasteiger partial charge >= 0.3 is 6.18 Å². The highest BCUT2D eigenvalue weighted by Gasteiger charge is 2.31. The lowest BCUT2D eigenvalue weighted by Crippen LogP contribution is -2.10. The van der Waals surface area contributed by atoms with Gasteiger partial charge in [-0.25, -0.2) is 4.98 Å². The minimum Gasteiger partial charge on any atom is -0.373 e. The summed E-state index contributed by atoms with van der Waals surface area (Å²) in [6.45, 7) is 2.20. The van der Waals surface area contributed by atoms with E-state index in [2.05, 4.69) is 20.7 Å². The SMILES string of the molecule is CNc1cc(C(F)(F)F)cc(NCc2cn(C)nc2C)n1. The fourth-order valence-corrected chi connectivity index (χ4v) is 1.92. The monoisotopic (exact) mass is 299 g/mol. The van der Waals surface area contributed by atoms with Gasteiger partial charge in [0.2, 0.25) is 0 Å². The first-order valence-corrected chi connectivity index (χ1v) is 6.29. The fraction of sp³-hybridized carbons (Fsp3) is 0.385. The quantitative estimate of drug-likeness (QED) is 0.911. The average Bonchev–Trinajstić information content (AvgIpc) is 2.73. The predicted molar refractivity (Wildman–Crippen MR) is 74.1 cm³/mol. The first-order valence-electron chi connectivity index (χ1n) is 6.29. The zero-order valence-corrected chi connectivity index (χ0v) is 11.9. The van der Waals surface area contributed by atoms with Gasteiger partial charge in [-0.2, -0.15) is 18.3 Å². The summed E-state index contributed by atoms with van der Waals surface area (Å²) in [6.07, 6.45) is -2.59. The molecule has 0 fully saturated rings. The van der Waals surface area contributed by atoms with E-state index < -0.39 is 11.7 Å². The summed E-state index contributed by atoms with van der Waals surface area (Å²) in [5.74, 6) is 0.327. The maximum absolute atomic E-state index is 12.8. The van der Waals surface area contributed by atoms with E-state index in [1.165, 1.54) is 7.05 Å². The number of nitrogens with zero attached hydrogens (tertiary/aromatic N) is 3. The Kier molecular flexibility index (Phi) is 4.06. The lowest BCUT2D eigenvalue weighted by atomic mass is 10.2. The van der Waals surface area contributed by atoms with Crippen molar-refractivity contribution in [2.24, 2.45) is 7.05 Å². The Morgan fingerprint density at radius 2 is 1.90 bits per heavy atom. The molecule has 0 aliphatic carbocycles. The highest BCUT2D eigenvalue weighted by molar-refractivity contribution is 5.49. The van der Waals surface area contributed by atoms with Crippen molar-refractivity contribution in [2.75, 3.05) is 17.7 Å². The molecular formula is C13H16F3N5. The van der Waals surface area contributed by atoms with Crippen LogP contribution in [0.15, 0.2) is 18.3 Å². The predicted octanol–water partition coefficient (Wildman–Crippen LogP) is 2.80. The molecule has 2 heterocycles. The van der Waals surface area contributed by atoms with E-state index in [0.29, 0.717) is 6.54 Å². The van der Waals surface area contributed by atoms with Crippen molar-refractivity contribution in [1.29, 1.82) is 0 Å². The molecule has 2 N–H and O–H groups in total. The van der Waals surface area contributed by atoms with Crippen molar-refractivity contribution >= 4 is 11.6 Å². The second-order valence-electron chi connectivity index (χ2n) is 4.64. The van der Waals surface area contributed by atoms with Gasteiger partial charge in [-0.05, 0) is 19.1 Å². The molecule has 5 nitrogen and oxygen atoms in total. The largest absolute Gasteiger partial charge is 0.416 e. The summed E-state index contributed by atoms with van der Waals surface area (Å²) in [7, 11) is 3.32. The van der Waals surface area contributed by atoms with Gasteiger partial charge in [0.05, 0.1) is 11.3 Å². The Morgan fingerprint density at radius 3 is 2.43 bits per heavy atom. The third-order valence-corrected chi connectivity index (χ3v) is 2.98. The summed E-state index contributed by atoms with van der Waals surface area (Å²) in [6, 6.07) is 1.97. The van der Waals surface area contributed by atoms with E-state index in [1.807, 2.05) is 13.1 Å². The first-order chi connectivity index (χ1) is 9.79. The van der Waals surface area contributed by atoms with Crippen LogP contribution in [0.1, 0.15) is 16.8 Å². The topological polar surface area (TPSA) is 54.8 Å². The van der Waals surface area contributed by atoms with Crippen LogP contribution in [-0.4, -0.2) is 21.8 Å². The first kappa shape index (κ1) is 15.1. The van der Waals surface area contributed by atoms with E-state index in [1.54, 1.807) is 11.7 Å². The second-order valence-corrected chi connectivity index (χ2v) is 4.64. The van der Waals surface area contributed by atoms with Crippen LogP contribution in [0.25, 0.3) is 0 Å². The van der Waals surface area contributed by atoms with Crippen molar-refractivity contribution in [2.45, 2.75) is 19.6 Å². The number of hydrogen-bond donors (Lipinski definition) is 2. The van der Waals surface area contributed by atoms with Crippen molar-refractivity contribution < 1.29 is 13.2 Å². The summed E-state index contributed by atoms with van der Waals surface area (Å²) in [5, 5.41) is 9.70. The van der Waals surface area contributed by atoms with Crippen LogP contribution in [0.4, 0.5) is 24.8 Å². The standard InChI is InChI=1S/C13H16F3N5/c1-8-9(7-21(3)20-8)6-18-12-5-10(13(14,15)16)4-11(17-2)19-12/h4-5,7H,6H2,1-3H3,(H2,17,18,19). The van der Waals surface area contributed by atoms with Gasteiger partial charge in [0.15, 0.2) is 0 Å². The molecule has 0 amide bonds. The van der Waals surface area contributed by atoms with Crippen LogP contribution in [-0.2, 0) is 19.8 Å². The van der Waals surface area contributed by atoms with E-state index in [9.17, 15) is 13.2 Å². The Hall–Kier alpha value is -2.25. The molecular weight excluding hydrogens is 283 g/mol. The third kappa shape index (κ3) is 3.65. The van der Waals surface area contributed by atoms with Crippen molar-refractivity contribution in [1.82, 2.24) is 14.8 Å². The number of aromatic nitrogens is 3. The molecule has 0 aliphatic rings. The number of nitrogens with one attached hydrogen (secondary N) is 2. The molecule has 0 unspecified atom stereocenters. The molecule has 114 valence electrons. The molecule has 0 radical (unpaired) electrons. The van der Waals surface area contributed by atoms with Gasteiger partial charge in [-0.3, -0.25) is 4.68 Å². The summed E-state index contributed by atoms with van der Waals surface area (Å²) < 4.78 is 40.1. The molecule has 0 spiro atoms. The van der Waals surface area contributed by atoms with Crippen molar-refractivity contribution in [3.8, 4) is 0 Å². The van der Waals surface area contributed by atoms with Gasteiger partial charge in [-0.15, -0.1) is 0 Å². The minimum absolute atomic E-state index is 0.162. The molecule has 0 saturated heterocycles. The number of pyridine rings is 1. The zero-order valence-electron chi connectivity index (χ0n) is 11.9. The van der Waals surface area contributed by atoms with Crippen LogP contribution in [0, 0.1) is 6.92 Å². The number of anilines is 2. The van der Waals surface area contributed by atoms with Crippen LogP contribution in [0.3, 0.4) is 0 Å². The maximum atomic E-state index is 12.8.